The van der Waals surface area contributed by atoms with Crippen molar-refractivity contribution in [2.45, 2.75) is 6.10 Å². The number of rotatable bonds is 3. The first-order chi connectivity index (χ1) is 12.3. The Morgan fingerprint density at radius 2 is 1.76 bits per heavy atom. The number of morpholine rings is 1. The quantitative estimate of drug-likeness (QED) is 0.733. The minimum absolute atomic E-state index is 0.0539. The fourth-order valence-corrected chi connectivity index (χ4v) is 3.19. The molecule has 4 heteroatoms. The summed E-state index contributed by atoms with van der Waals surface area (Å²) < 4.78 is 7.87. The van der Waals surface area contributed by atoms with Gasteiger partial charge < -0.3 is 14.2 Å². The number of aromatic nitrogens is 1. The summed E-state index contributed by atoms with van der Waals surface area (Å²) in [6, 6.07) is 21.8. The van der Waals surface area contributed by atoms with Crippen LogP contribution in [0.3, 0.4) is 0 Å². The van der Waals surface area contributed by atoms with Crippen molar-refractivity contribution in [2.75, 3.05) is 19.7 Å². The molecule has 126 valence electrons. The van der Waals surface area contributed by atoms with Gasteiger partial charge in [-0.25, -0.2) is 0 Å². The molecule has 0 aliphatic carbocycles. The highest BCUT2D eigenvalue weighted by molar-refractivity contribution is 5.94. The van der Waals surface area contributed by atoms with Crippen LogP contribution in [0.5, 0.6) is 0 Å². The van der Waals surface area contributed by atoms with Gasteiger partial charge in [0.2, 0.25) is 0 Å². The highest BCUT2D eigenvalue weighted by atomic mass is 16.5. The SMILES string of the molecule is O=C(c1cccc(-n2cccc2)c1)N1CCOC(c2ccccc2)C1. The van der Waals surface area contributed by atoms with Gasteiger partial charge >= 0.3 is 0 Å². The molecule has 1 aliphatic heterocycles. The summed E-state index contributed by atoms with van der Waals surface area (Å²) in [4.78, 5) is 14.8. The first kappa shape index (κ1) is 15.7. The number of benzene rings is 2. The summed E-state index contributed by atoms with van der Waals surface area (Å²) in [5.41, 5.74) is 2.81. The van der Waals surface area contributed by atoms with E-state index in [2.05, 4.69) is 0 Å². The van der Waals surface area contributed by atoms with Gasteiger partial charge in [0.25, 0.3) is 5.91 Å². The molecule has 1 fully saturated rings. The second kappa shape index (κ2) is 6.95. The Bertz CT molecular complexity index is 843. The highest BCUT2D eigenvalue weighted by Gasteiger charge is 2.26. The van der Waals surface area contributed by atoms with E-state index in [0.717, 1.165) is 11.3 Å². The predicted octanol–water partition coefficient (Wildman–Crippen LogP) is 3.69. The van der Waals surface area contributed by atoms with Crippen LogP contribution in [0.4, 0.5) is 0 Å². The van der Waals surface area contributed by atoms with Crippen molar-refractivity contribution in [1.82, 2.24) is 9.47 Å². The summed E-state index contributed by atoms with van der Waals surface area (Å²) in [6.45, 7) is 1.76. The van der Waals surface area contributed by atoms with Gasteiger partial charge in [-0.1, -0.05) is 36.4 Å². The first-order valence-electron chi connectivity index (χ1n) is 8.50. The molecule has 4 rings (SSSR count). The van der Waals surface area contributed by atoms with Gasteiger partial charge in [-0.3, -0.25) is 4.79 Å². The van der Waals surface area contributed by atoms with Gasteiger partial charge in [0.1, 0.15) is 6.10 Å². The lowest BCUT2D eigenvalue weighted by Gasteiger charge is -2.33. The van der Waals surface area contributed by atoms with E-state index in [0.29, 0.717) is 25.3 Å². The van der Waals surface area contributed by atoms with Crippen molar-refractivity contribution in [2.24, 2.45) is 0 Å². The Kier molecular flexibility index (Phi) is 4.36. The van der Waals surface area contributed by atoms with Crippen LogP contribution in [0.1, 0.15) is 22.0 Å². The maximum atomic E-state index is 13.0. The van der Waals surface area contributed by atoms with E-state index in [9.17, 15) is 4.79 Å². The van der Waals surface area contributed by atoms with Crippen LogP contribution in [-0.4, -0.2) is 35.1 Å². The van der Waals surface area contributed by atoms with Gasteiger partial charge in [-0.15, -0.1) is 0 Å². The van der Waals surface area contributed by atoms with Crippen molar-refractivity contribution < 1.29 is 9.53 Å². The van der Waals surface area contributed by atoms with Crippen LogP contribution in [0.25, 0.3) is 5.69 Å². The minimum atomic E-state index is -0.0634. The third kappa shape index (κ3) is 3.35. The van der Waals surface area contributed by atoms with Gasteiger partial charge in [0, 0.05) is 30.2 Å². The summed E-state index contributed by atoms with van der Waals surface area (Å²) >= 11 is 0. The van der Waals surface area contributed by atoms with Gasteiger partial charge in [0.15, 0.2) is 0 Å². The van der Waals surface area contributed by atoms with Gasteiger partial charge in [0.05, 0.1) is 13.2 Å². The van der Waals surface area contributed by atoms with E-state index in [1.165, 1.54) is 0 Å². The van der Waals surface area contributed by atoms with Crippen molar-refractivity contribution in [1.29, 1.82) is 0 Å². The predicted molar refractivity (Wildman–Crippen MR) is 96.8 cm³/mol. The molecular weight excluding hydrogens is 312 g/mol. The molecule has 0 radical (unpaired) electrons. The van der Waals surface area contributed by atoms with Crippen LogP contribution in [0, 0.1) is 0 Å². The zero-order chi connectivity index (χ0) is 17.1. The lowest BCUT2D eigenvalue weighted by atomic mass is 10.1. The number of amides is 1. The standard InChI is InChI=1S/C21H20N2O2/c24-21(18-9-6-10-19(15-18)22-11-4-5-12-22)23-13-14-25-20(16-23)17-7-2-1-3-8-17/h1-12,15,20H,13-14,16H2. The molecule has 1 amide bonds. The molecule has 1 saturated heterocycles. The molecule has 0 spiro atoms. The van der Waals surface area contributed by atoms with E-state index in [-0.39, 0.29) is 12.0 Å². The third-order valence-corrected chi connectivity index (χ3v) is 4.52. The average Bonchev–Trinajstić information content (AvgIpc) is 3.23. The molecule has 2 aromatic carbocycles. The van der Waals surface area contributed by atoms with Crippen LogP contribution < -0.4 is 0 Å². The van der Waals surface area contributed by atoms with Gasteiger partial charge in [-0.05, 0) is 35.9 Å². The molecule has 1 aliphatic rings. The second-order valence-corrected chi connectivity index (χ2v) is 6.16. The molecular formula is C21H20N2O2. The average molecular weight is 332 g/mol. The summed E-state index contributed by atoms with van der Waals surface area (Å²) in [7, 11) is 0. The molecule has 1 unspecified atom stereocenters. The minimum Gasteiger partial charge on any atom is -0.370 e. The smallest absolute Gasteiger partial charge is 0.254 e. The van der Waals surface area contributed by atoms with Crippen molar-refractivity contribution in [3.05, 3.63) is 90.3 Å². The normalized spacial score (nSPS) is 17.4. The Hall–Kier alpha value is -2.85. The van der Waals surface area contributed by atoms with E-state index >= 15 is 0 Å². The van der Waals surface area contributed by atoms with Crippen LogP contribution in [0.2, 0.25) is 0 Å². The number of hydrogen-bond donors (Lipinski definition) is 0. The molecule has 0 saturated carbocycles. The third-order valence-electron chi connectivity index (χ3n) is 4.52. The van der Waals surface area contributed by atoms with Gasteiger partial charge in [-0.2, -0.15) is 0 Å². The molecule has 1 atom stereocenters. The van der Waals surface area contributed by atoms with Crippen LogP contribution in [0.15, 0.2) is 79.1 Å². The van der Waals surface area contributed by atoms with E-state index in [4.69, 9.17) is 4.74 Å². The van der Waals surface area contributed by atoms with E-state index in [1.807, 2.05) is 88.6 Å². The van der Waals surface area contributed by atoms with Crippen molar-refractivity contribution >= 4 is 5.91 Å². The summed E-state index contributed by atoms with van der Waals surface area (Å²) in [5.74, 6) is 0.0539. The van der Waals surface area contributed by atoms with Crippen LogP contribution >= 0.6 is 0 Å². The molecule has 1 aromatic heterocycles. The first-order valence-corrected chi connectivity index (χ1v) is 8.50. The van der Waals surface area contributed by atoms with Crippen molar-refractivity contribution in [3.63, 3.8) is 0 Å². The number of carbonyl (C=O) groups excluding carboxylic acids is 1. The lowest BCUT2D eigenvalue weighted by Crippen LogP contribution is -2.42. The van der Waals surface area contributed by atoms with E-state index < -0.39 is 0 Å². The molecule has 3 aromatic rings. The second-order valence-electron chi connectivity index (χ2n) is 6.16. The maximum Gasteiger partial charge on any atom is 0.254 e. The molecule has 25 heavy (non-hydrogen) atoms. The highest BCUT2D eigenvalue weighted by Crippen LogP contribution is 2.23. The largest absolute Gasteiger partial charge is 0.370 e. The zero-order valence-electron chi connectivity index (χ0n) is 13.9. The number of hydrogen-bond acceptors (Lipinski definition) is 2. The Balaban J connectivity index is 1.53. The van der Waals surface area contributed by atoms with E-state index in [1.54, 1.807) is 0 Å². The fourth-order valence-electron chi connectivity index (χ4n) is 3.19. The Labute approximate surface area is 147 Å². The number of ether oxygens (including phenoxy) is 1. The van der Waals surface area contributed by atoms with Crippen LogP contribution in [-0.2, 0) is 4.74 Å². The summed E-state index contributed by atoms with van der Waals surface area (Å²) in [6.07, 6.45) is 3.89. The topological polar surface area (TPSA) is 34.5 Å². The maximum absolute atomic E-state index is 13.0. The summed E-state index contributed by atoms with van der Waals surface area (Å²) in [5, 5.41) is 0. The Morgan fingerprint density at radius 1 is 0.960 bits per heavy atom. The van der Waals surface area contributed by atoms with Crippen molar-refractivity contribution in [3.8, 4) is 5.69 Å². The molecule has 2 heterocycles. The number of carbonyl (C=O) groups is 1. The Morgan fingerprint density at radius 3 is 2.56 bits per heavy atom. The molecule has 0 N–H and O–H groups in total. The molecule has 4 nitrogen and oxygen atoms in total. The molecule has 0 bridgehead atoms. The lowest BCUT2D eigenvalue weighted by molar-refractivity contribution is -0.0228. The fraction of sp³-hybridized carbons (Fsp3) is 0.190. The number of nitrogens with zero attached hydrogens (tertiary/aromatic N) is 2. The zero-order valence-corrected chi connectivity index (χ0v) is 13.9. The monoisotopic (exact) mass is 332 g/mol.